The van der Waals surface area contributed by atoms with Crippen LogP contribution in [0.15, 0.2) is 60.9 Å². The van der Waals surface area contributed by atoms with Crippen molar-refractivity contribution in [3.05, 3.63) is 77.7 Å². The van der Waals surface area contributed by atoms with Crippen LogP contribution < -0.4 is 16.0 Å². The lowest BCUT2D eigenvalue weighted by atomic mass is 9.81. The smallest absolute Gasteiger partial charge is 0.320 e. The van der Waals surface area contributed by atoms with Gasteiger partial charge in [0.15, 0.2) is 0 Å². The number of nitrogens with zero attached hydrogens (tertiary/aromatic N) is 2. The van der Waals surface area contributed by atoms with E-state index in [1.54, 1.807) is 18.5 Å². The zero-order valence-corrected chi connectivity index (χ0v) is 18.8. The second kappa shape index (κ2) is 10.7. The van der Waals surface area contributed by atoms with E-state index in [9.17, 15) is 4.79 Å². The van der Waals surface area contributed by atoms with Crippen molar-refractivity contribution < 1.29 is 4.79 Å². The highest BCUT2D eigenvalue weighted by molar-refractivity contribution is 5.92. The summed E-state index contributed by atoms with van der Waals surface area (Å²) in [4.78, 5) is 21.3. The molecule has 4 rings (SSSR count). The maximum Gasteiger partial charge on any atom is 0.320 e. The van der Waals surface area contributed by atoms with Crippen molar-refractivity contribution in [1.82, 2.24) is 15.3 Å². The molecule has 1 saturated carbocycles. The number of hydrogen-bond acceptors (Lipinski definition) is 5. The van der Waals surface area contributed by atoms with Gasteiger partial charge in [0, 0.05) is 35.4 Å². The summed E-state index contributed by atoms with van der Waals surface area (Å²) in [5, 5.41) is 17.0. The Kier molecular flexibility index (Phi) is 7.29. The van der Waals surface area contributed by atoms with Gasteiger partial charge in [0.05, 0.1) is 11.9 Å². The maximum atomic E-state index is 12.7. The standard InChI is InChI=1S/C26H30N6O/c1-18-13-22(11-12-28-18)30-24-17-29-25(15-21(24)16-27)32-26(33)31-23-10-6-5-9-20(23)14-19-7-3-2-4-8-19/h2-4,7-8,11-13,15-17,20,23,27H,5-6,9-10,14H2,1H3,(H,28,30)(H2,29,31,32,33)/t20-,23+/m1/s1. The molecule has 0 spiro atoms. The van der Waals surface area contributed by atoms with Crippen molar-refractivity contribution in [3.8, 4) is 0 Å². The second-order valence-electron chi connectivity index (χ2n) is 8.55. The van der Waals surface area contributed by atoms with Crippen LogP contribution in [0.2, 0.25) is 0 Å². The minimum Gasteiger partial charge on any atom is -0.354 e. The fraction of sp³-hybridized carbons (Fsp3) is 0.308. The molecule has 33 heavy (non-hydrogen) atoms. The van der Waals surface area contributed by atoms with E-state index in [2.05, 4.69) is 50.2 Å². The van der Waals surface area contributed by atoms with Crippen LogP contribution in [0.25, 0.3) is 0 Å². The Balaban J connectivity index is 1.39. The average molecular weight is 443 g/mol. The van der Waals surface area contributed by atoms with Gasteiger partial charge in [-0.05, 0) is 55.9 Å². The summed E-state index contributed by atoms with van der Waals surface area (Å²) in [5.74, 6) is 0.838. The van der Waals surface area contributed by atoms with Crippen LogP contribution in [0, 0.1) is 18.3 Å². The molecule has 0 radical (unpaired) electrons. The minimum atomic E-state index is -0.256. The van der Waals surface area contributed by atoms with E-state index in [-0.39, 0.29) is 12.1 Å². The van der Waals surface area contributed by atoms with Crippen LogP contribution in [-0.2, 0) is 6.42 Å². The molecule has 2 atom stereocenters. The second-order valence-corrected chi connectivity index (χ2v) is 8.55. The molecule has 0 saturated heterocycles. The van der Waals surface area contributed by atoms with Gasteiger partial charge >= 0.3 is 6.03 Å². The Hall–Kier alpha value is -3.74. The summed E-state index contributed by atoms with van der Waals surface area (Å²) in [5.41, 5.74) is 4.40. The number of carbonyl (C=O) groups is 1. The lowest BCUT2D eigenvalue weighted by Crippen LogP contribution is -2.44. The van der Waals surface area contributed by atoms with E-state index in [0.717, 1.165) is 37.1 Å². The summed E-state index contributed by atoms with van der Waals surface area (Å²) < 4.78 is 0. The molecule has 2 heterocycles. The van der Waals surface area contributed by atoms with Crippen LogP contribution in [0.1, 0.15) is 42.5 Å². The molecule has 170 valence electrons. The molecule has 0 unspecified atom stereocenters. The van der Waals surface area contributed by atoms with Gasteiger partial charge in [0.25, 0.3) is 0 Å². The van der Waals surface area contributed by atoms with Crippen LogP contribution in [0.4, 0.5) is 22.0 Å². The molecule has 4 N–H and O–H groups in total. The third-order valence-corrected chi connectivity index (χ3v) is 6.08. The number of pyridine rings is 2. The summed E-state index contributed by atoms with van der Waals surface area (Å²) >= 11 is 0. The van der Waals surface area contributed by atoms with Gasteiger partial charge in [0.1, 0.15) is 5.82 Å². The summed E-state index contributed by atoms with van der Waals surface area (Å²) in [6, 6.07) is 15.8. The molecule has 0 aliphatic heterocycles. The quantitative estimate of drug-likeness (QED) is 0.365. The fourth-order valence-electron chi connectivity index (χ4n) is 4.42. The lowest BCUT2D eigenvalue weighted by molar-refractivity contribution is 0.227. The van der Waals surface area contributed by atoms with E-state index in [1.807, 2.05) is 25.1 Å². The topological polar surface area (TPSA) is 103 Å². The van der Waals surface area contributed by atoms with Gasteiger partial charge in [-0.15, -0.1) is 0 Å². The van der Waals surface area contributed by atoms with E-state index >= 15 is 0 Å². The lowest BCUT2D eigenvalue weighted by Gasteiger charge is -2.32. The van der Waals surface area contributed by atoms with Crippen LogP contribution in [0.3, 0.4) is 0 Å². The summed E-state index contributed by atoms with van der Waals surface area (Å²) in [6.45, 7) is 1.92. The highest BCUT2D eigenvalue weighted by Crippen LogP contribution is 2.28. The number of hydrogen-bond donors (Lipinski definition) is 4. The van der Waals surface area contributed by atoms with Crippen molar-refractivity contribution in [2.45, 2.75) is 45.1 Å². The first-order valence-corrected chi connectivity index (χ1v) is 11.4. The molecule has 2 aromatic heterocycles. The maximum absolute atomic E-state index is 12.7. The first-order chi connectivity index (χ1) is 16.1. The van der Waals surface area contributed by atoms with Gasteiger partial charge in [0.2, 0.25) is 0 Å². The molecule has 1 aliphatic carbocycles. The highest BCUT2D eigenvalue weighted by Gasteiger charge is 2.26. The van der Waals surface area contributed by atoms with Crippen molar-refractivity contribution in [1.29, 1.82) is 5.41 Å². The number of amides is 2. The number of benzene rings is 1. The zero-order chi connectivity index (χ0) is 23.0. The molecular formula is C26H30N6O. The van der Waals surface area contributed by atoms with Crippen molar-refractivity contribution in [3.63, 3.8) is 0 Å². The van der Waals surface area contributed by atoms with Crippen molar-refractivity contribution >= 4 is 29.4 Å². The first kappa shape index (κ1) is 22.5. The number of carbonyl (C=O) groups excluding carboxylic acids is 1. The number of nitrogens with one attached hydrogen (secondary N) is 4. The number of urea groups is 1. The molecular weight excluding hydrogens is 412 g/mol. The molecule has 7 nitrogen and oxygen atoms in total. The average Bonchev–Trinajstić information content (AvgIpc) is 2.82. The van der Waals surface area contributed by atoms with E-state index in [4.69, 9.17) is 5.41 Å². The highest BCUT2D eigenvalue weighted by atomic mass is 16.2. The van der Waals surface area contributed by atoms with Crippen LogP contribution in [-0.4, -0.2) is 28.3 Å². The Morgan fingerprint density at radius 2 is 1.94 bits per heavy atom. The normalized spacial score (nSPS) is 17.7. The third-order valence-electron chi connectivity index (χ3n) is 6.08. The van der Waals surface area contributed by atoms with Gasteiger partial charge < -0.3 is 16.0 Å². The number of anilines is 3. The van der Waals surface area contributed by atoms with Gasteiger partial charge in [-0.2, -0.15) is 0 Å². The van der Waals surface area contributed by atoms with Gasteiger partial charge in [-0.25, -0.2) is 9.78 Å². The predicted molar refractivity (Wildman–Crippen MR) is 132 cm³/mol. The van der Waals surface area contributed by atoms with Crippen molar-refractivity contribution in [2.24, 2.45) is 5.92 Å². The largest absolute Gasteiger partial charge is 0.354 e. The first-order valence-electron chi connectivity index (χ1n) is 11.4. The Morgan fingerprint density at radius 3 is 2.73 bits per heavy atom. The monoisotopic (exact) mass is 442 g/mol. The minimum absolute atomic E-state index is 0.136. The zero-order valence-electron chi connectivity index (χ0n) is 18.8. The SMILES string of the molecule is Cc1cc(Nc2cnc(NC(=O)N[C@H]3CCCC[C@@H]3Cc3ccccc3)cc2C=N)ccn1. The Morgan fingerprint density at radius 1 is 1.12 bits per heavy atom. The fourth-order valence-corrected chi connectivity index (χ4v) is 4.42. The summed E-state index contributed by atoms with van der Waals surface area (Å²) in [6.07, 6.45) is 10.0. The molecule has 1 fully saturated rings. The van der Waals surface area contributed by atoms with Gasteiger partial charge in [-0.1, -0.05) is 43.2 Å². The molecule has 0 bridgehead atoms. The molecule has 1 aromatic carbocycles. The molecule has 3 aromatic rings. The predicted octanol–water partition coefficient (Wildman–Crippen LogP) is 5.45. The molecule has 7 heteroatoms. The Labute approximate surface area is 194 Å². The van der Waals surface area contributed by atoms with E-state index < -0.39 is 0 Å². The molecule has 1 aliphatic rings. The summed E-state index contributed by atoms with van der Waals surface area (Å²) in [7, 11) is 0. The Bertz CT molecular complexity index is 1100. The van der Waals surface area contributed by atoms with Crippen LogP contribution >= 0.6 is 0 Å². The third kappa shape index (κ3) is 6.16. The van der Waals surface area contributed by atoms with Gasteiger partial charge in [-0.3, -0.25) is 10.3 Å². The van der Waals surface area contributed by atoms with E-state index in [1.165, 1.54) is 18.2 Å². The van der Waals surface area contributed by atoms with Crippen molar-refractivity contribution in [2.75, 3.05) is 10.6 Å². The number of rotatable bonds is 7. The number of aromatic nitrogens is 2. The molecule has 2 amide bonds. The van der Waals surface area contributed by atoms with E-state index in [0.29, 0.717) is 23.0 Å². The van der Waals surface area contributed by atoms with Crippen LogP contribution in [0.5, 0.6) is 0 Å². The number of aryl methyl sites for hydroxylation is 1.